The summed E-state index contributed by atoms with van der Waals surface area (Å²) in [5.74, 6) is -0.189. The van der Waals surface area contributed by atoms with Crippen molar-refractivity contribution in [3.05, 3.63) is 75.8 Å². The summed E-state index contributed by atoms with van der Waals surface area (Å²) in [6, 6.07) is 13.4. The number of aliphatic hydroxyl groups excluding tert-OH is 1. The normalized spacial score (nSPS) is 13.2. The predicted octanol–water partition coefficient (Wildman–Crippen LogP) is 2.60. The molecule has 0 aliphatic carbocycles. The number of hydrogen-bond acceptors (Lipinski definition) is 5. The Hall–Kier alpha value is -2.73. The van der Waals surface area contributed by atoms with Crippen molar-refractivity contribution in [2.24, 2.45) is 0 Å². The van der Waals surface area contributed by atoms with Gasteiger partial charge in [0.1, 0.15) is 11.9 Å². The van der Waals surface area contributed by atoms with Gasteiger partial charge in [0.05, 0.1) is 5.56 Å². The standard InChI is InChI=1S/C16H15NO5/c1-11(17(20)21)15(18)12-7-9-14(10-8-12)22-16(19)13-5-3-2-4-6-13/h2-11,15,18H,1H3/t11?,15-/m1/s1. The number of carbonyl (C=O) groups excluding carboxylic acids is 1. The van der Waals surface area contributed by atoms with E-state index in [9.17, 15) is 20.0 Å². The van der Waals surface area contributed by atoms with Crippen LogP contribution in [-0.4, -0.2) is 22.0 Å². The van der Waals surface area contributed by atoms with Gasteiger partial charge in [-0.15, -0.1) is 0 Å². The van der Waals surface area contributed by atoms with Crippen LogP contribution >= 0.6 is 0 Å². The first-order chi connectivity index (χ1) is 10.5. The number of hydrogen-bond donors (Lipinski definition) is 1. The third-order valence-electron chi connectivity index (χ3n) is 3.23. The molecule has 0 radical (unpaired) electrons. The molecule has 2 atom stereocenters. The minimum absolute atomic E-state index is 0.304. The molecular formula is C16H15NO5. The Morgan fingerprint density at radius 1 is 1.14 bits per heavy atom. The van der Waals surface area contributed by atoms with E-state index in [1.807, 2.05) is 0 Å². The lowest BCUT2D eigenvalue weighted by molar-refractivity contribution is -0.531. The molecule has 0 saturated carbocycles. The van der Waals surface area contributed by atoms with Gasteiger partial charge >= 0.3 is 5.97 Å². The molecule has 0 amide bonds. The zero-order valence-electron chi connectivity index (χ0n) is 11.9. The second-order valence-corrected chi connectivity index (χ2v) is 4.80. The first-order valence-electron chi connectivity index (χ1n) is 6.68. The average Bonchev–Trinajstić information content (AvgIpc) is 2.55. The topological polar surface area (TPSA) is 89.7 Å². The van der Waals surface area contributed by atoms with Crippen molar-refractivity contribution in [2.45, 2.75) is 19.1 Å². The average molecular weight is 301 g/mol. The molecule has 0 heterocycles. The van der Waals surface area contributed by atoms with E-state index in [2.05, 4.69) is 0 Å². The smallest absolute Gasteiger partial charge is 0.343 e. The first kappa shape index (κ1) is 15.7. The highest BCUT2D eigenvalue weighted by atomic mass is 16.6. The molecule has 0 aliphatic heterocycles. The van der Waals surface area contributed by atoms with E-state index in [0.717, 1.165) is 0 Å². The maximum absolute atomic E-state index is 11.9. The van der Waals surface area contributed by atoms with Gasteiger partial charge in [-0.25, -0.2) is 4.79 Å². The van der Waals surface area contributed by atoms with Crippen molar-refractivity contribution >= 4 is 5.97 Å². The summed E-state index contributed by atoms with van der Waals surface area (Å²) in [5.41, 5.74) is 0.817. The van der Waals surface area contributed by atoms with Crippen molar-refractivity contribution in [1.29, 1.82) is 0 Å². The van der Waals surface area contributed by atoms with Crippen molar-refractivity contribution in [1.82, 2.24) is 0 Å². The Kier molecular flexibility index (Phi) is 4.85. The summed E-state index contributed by atoms with van der Waals surface area (Å²) in [6.07, 6.45) is -1.21. The zero-order chi connectivity index (χ0) is 16.1. The van der Waals surface area contributed by atoms with Gasteiger partial charge in [-0.2, -0.15) is 0 Å². The summed E-state index contributed by atoms with van der Waals surface area (Å²) < 4.78 is 5.19. The number of rotatable bonds is 5. The number of nitro groups is 1. The van der Waals surface area contributed by atoms with Crippen LogP contribution in [0.3, 0.4) is 0 Å². The van der Waals surface area contributed by atoms with Gasteiger partial charge in [-0.05, 0) is 29.8 Å². The molecule has 0 aliphatic rings. The minimum Gasteiger partial charge on any atom is -0.423 e. The fourth-order valence-corrected chi connectivity index (χ4v) is 1.87. The third kappa shape index (κ3) is 3.67. The second kappa shape index (κ2) is 6.82. The van der Waals surface area contributed by atoms with Crippen LogP contribution in [-0.2, 0) is 0 Å². The van der Waals surface area contributed by atoms with E-state index < -0.39 is 23.0 Å². The molecule has 114 valence electrons. The van der Waals surface area contributed by atoms with Crippen LogP contribution < -0.4 is 4.74 Å². The molecule has 1 unspecified atom stereocenters. The molecule has 2 aromatic carbocycles. The van der Waals surface area contributed by atoms with Crippen molar-refractivity contribution in [3.63, 3.8) is 0 Å². The van der Waals surface area contributed by atoms with Crippen LogP contribution in [0.4, 0.5) is 0 Å². The van der Waals surface area contributed by atoms with E-state index in [1.165, 1.54) is 31.2 Å². The summed E-state index contributed by atoms with van der Waals surface area (Å²) in [5, 5.41) is 20.5. The summed E-state index contributed by atoms with van der Waals surface area (Å²) in [7, 11) is 0. The van der Waals surface area contributed by atoms with Crippen LogP contribution in [0.5, 0.6) is 5.75 Å². The molecule has 6 heteroatoms. The minimum atomic E-state index is -1.21. The highest BCUT2D eigenvalue weighted by Gasteiger charge is 2.25. The Morgan fingerprint density at radius 2 is 1.73 bits per heavy atom. The molecule has 0 spiro atoms. The van der Waals surface area contributed by atoms with Crippen LogP contribution in [0.25, 0.3) is 0 Å². The van der Waals surface area contributed by atoms with Gasteiger partial charge in [0, 0.05) is 11.8 Å². The number of nitrogens with zero attached hydrogens (tertiary/aromatic N) is 1. The molecule has 22 heavy (non-hydrogen) atoms. The Balaban J connectivity index is 2.06. The van der Waals surface area contributed by atoms with E-state index in [0.29, 0.717) is 16.9 Å². The van der Waals surface area contributed by atoms with Gasteiger partial charge in [0.25, 0.3) is 0 Å². The SMILES string of the molecule is CC([C@@H](O)c1ccc(OC(=O)c2ccccc2)cc1)[N+](=O)[O-]. The molecular weight excluding hydrogens is 286 g/mol. The lowest BCUT2D eigenvalue weighted by Crippen LogP contribution is -2.23. The Labute approximate surface area is 127 Å². The van der Waals surface area contributed by atoms with E-state index in [-0.39, 0.29) is 0 Å². The summed E-state index contributed by atoms with van der Waals surface area (Å²) >= 11 is 0. The largest absolute Gasteiger partial charge is 0.423 e. The lowest BCUT2D eigenvalue weighted by Gasteiger charge is -2.13. The van der Waals surface area contributed by atoms with Gasteiger partial charge in [0.2, 0.25) is 6.04 Å². The fourth-order valence-electron chi connectivity index (χ4n) is 1.87. The maximum Gasteiger partial charge on any atom is 0.343 e. The van der Waals surface area contributed by atoms with Crippen molar-refractivity contribution in [2.75, 3.05) is 0 Å². The fraction of sp³-hybridized carbons (Fsp3) is 0.188. The first-order valence-corrected chi connectivity index (χ1v) is 6.68. The molecule has 2 rings (SSSR count). The predicted molar refractivity (Wildman–Crippen MR) is 79.3 cm³/mol. The monoisotopic (exact) mass is 301 g/mol. The number of aliphatic hydroxyl groups is 1. The zero-order valence-corrected chi connectivity index (χ0v) is 11.9. The van der Waals surface area contributed by atoms with E-state index in [1.54, 1.807) is 30.3 Å². The van der Waals surface area contributed by atoms with Crippen molar-refractivity contribution < 1.29 is 19.6 Å². The molecule has 0 saturated heterocycles. The molecule has 1 N–H and O–H groups in total. The number of esters is 1. The summed E-state index contributed by atoms with van der Waals surface area (Å²) in [6.45, 7) is 1.33. The Bertz CT molecular complexity index is 654. The second-order valence-electron chi connectivity index (χ2n) is 4.80. The molecule has 0 fully saturated rings. The number of carbonyl (C=O) groups is 1. The van der Waals surface area contributed by atoms with Gasteiger partial charge in [0.15, 0.2) is 0 Å². The Morgan fingerprint density at radius 3 is 2.27 bits per heavy atom. The lowest BCUT2D eigenvalue weighted by atomic mass is 10.0. The highest BCUT2D eigenvalue weighted by molar-refractivity contribution is 5.90. The quantitative estimate of drug-likeness (QED) is 0.397. The number of benzene rings is 2. The molecule has 6 nitrogen and oxygen atoms in total. The van der Waals surface area contributed by atoms with Crippen LogP contribution in [0, 0.1) is 10.1 Å². The van der Waals surface area contributed by atoms with E-state index >= 15 is 0 Å². The van der Waals surface area contributed by atoms with Gasteiger partial charge in [-0.3, -0.25) is 10.1 Å². The third-order valence-corrected chi connectivity index (χ3v) is 3.23. The van der Waals surface area contributed by atoms with Crippen LogP contribution in [0.15, 0.2) is 54.6 Å². The van der Waals surface area contributed by atoms with Crippen LogP contribution in [0.2, 0.25) is 0 Å². The van der Waals surface area contributed by atoms with Gasteiger partial charge in [-0.1, -0.05) is 30.3 Å². The van der Waals surface area contributed by atoms with E-state index in [4.69, 9.17) is 4.74 Å². The molecule has 0 bridgehead atoms. The maximum atomic E-state index is 11.9. The molecule has 0 aromatic heterocycles. The highest BCUT2D eigenvalue weighted by Crippen LogP contribution is 2.22. The van der Waals surface area contributed by atoms with Gasteiger partial charge < -0.3 is 9.84 Å². The van der Waals surface area contributed by atoms with Crippen LogP contribution in [0.1, 0.15) is 28.9 Å². The summed E-state index contributed by atoms with van der Waals surface area (Å²) in [4.78, 5) is 22.0. The molecule has 2 aromatic rings. The van der Waals surface area contributed by atoms with Crippen molar-refractivity contribution in [3.8, 4) is 5.75 Å². The number of ether oxygens (including phenoxy) is 1.